The van der Waals surface area contributed by atoms with Gasteiger partial charge in [-0.1, -0.05) is 12.1 Å². The molecule has 2 heterocycles. The summed E-state index contributed by atoms with van der Waals surface area (Å²) in [5.41, 5.74) is 3.66. The van der Waals surface area contributed by atoms with Crippen LogP contribution < -0.4 is 10.6 Å². The molecule has 2 aliphatic rings. The summed E-state index contributed by atoms with van der Waals surface area (Å²) in [4.78, 5) is 21.9. The van der Waals surface area contributed by atoms with Crippen molar-refractivity contribution in [1.82, 2.24) is 0 Å². The number of carbonyl (C=O) groups is 2. The second-order valence-electron chi connectivity index (χ2n) is 5.78. The van der Waals surface area contributed by atoms with E-state index >= 15 is 0 Å². The van der Waals surface area contributed by atoms with Crippen molar-refractivity contribution in [2.45, 2.75) is 25.7 Å². The first-order valence-corrected chi connectivity index (χ1v) is 7.75. The summed E-state index contributed by atoms with van der Waals surface area (Å²) >= 11 is 0. The van der Waals surface area contributed by atoms with E-state index in [9.17, 15) is 9.59 Å². The van der Waals surface area contributed by atoms with Gasteiger partial charge in [0.2, 0.25) is 11.8 Å². The Labute approximate surface area is 161 Å². The minimum Gasteiger partial charge on any atom is -0.508 e. The number of carbonyl (C=O) groups excluding carboxylic acids is 2. The zero-order chi connectivity index (χ0) is 17.1. The minimum atomic E-state index is 0. The average molecular weight is 398 g/mol. The van der Waals surface area contributed by atoms with Crippen LogP contribution in [0.15, 0.2) is 36.4 Å². The van der Waals surface area contributed by atoms with Crippen LogP contribution in [0.3, 0.4) is 0 Å². The summed E-state index contributed by atoms with van der Waals surface area (Å²) in [5, 5.41) is 23.6. The van der Waals surface area contributed by atoms with Gasteiger partial charge < -0.3 is 42.8 Å². The summed E-state index contributed by atoms with van der Waals surface area (Å²) in [6.07, 6.45) is 2.61. The van der Waals surface area contributed by atoms with Gasteiger partial charge in [0.25, 0.3) is 0 Å². The van der Waals surface area contributed by atoms with Gasteiger partial charge in [0.1, 0.15) is 11.5 Å². The van der Waals surface area contributed by atoms with E-state index < -0.39 is 0 Å². The number of amides is 2. The van der Waals surface area contributed by atoms with E-state index in [1.165, 1.54) is 0 Å². The van der Waals surface area contributed by atoms with Crippen molar-refractivity contribution in [3.63, 3.8) is 0 Å². The number of benzene rings is 2. The second kappa shape index (κ2) is 11.5. The molecule has 0 fully saturated rings. The Hall–Kier alpha value is -3.18. The van der Waals surface area contributed by atoms with E-state index in [1.54, 1.807) is 24.3 Å². The van der Waals surface area contributed by atoms with Gasteiger partial charge in [-0.05, 0) is 36.1 Å². The fourth-order valence-corrected chi connectivity index (χ4v) is 2.72. The van der Waals surface area contributed by atoms with E-state index in [1.807, 2.05) is 12.1 Å². The Bertz CT molecular complexity index is 743. The highest BCUT2D eigenvalue weighted by molar-refractivity contribution is 5.94. The molecule has 0 bridgehead atoms. The monoisotopic (exact) mass is 398 g/mol. The van der Waals surface area contributed by atoms with Crippen LogP contribution in [0.5, 0.6) is 11.5 Å². The summed E-state index contributed by atoms with van der Waals surface area (Å²) in [5.74, 6) is 0.424. The number of rotatable bonds is 0. The molecule has 0 saturated carbocycles. The standard InChI is InChI=1S/2C9H9NO2.4H2O/c2*11-7-3-1-6-2-4-9(12)10-8(6)5-7;;;;/h2*1,3,5,11H,2,4H2,(H,10,12);4*1H2. The lowest BCUT2D eigenvalue weighted by molar-refractivity contribution is -0.117. The smallest absolute Gasteiger partial charge is 0.224 e. The Morgan fingerprint density at radius 1 is 0.607 bits per heavy atom. The van der Waals surface area contributed by atoms with Gasteiger partial charge >= 0.3 is 0 Å². The molecule has 0 saturated heterocycles. The lowest BCUT2D eigenvalue weighted by Gasteiger charge is -2.16. The molecular weight excluding hydrogens is 372 g/mol. The molecule has 2 aliphatic heterocycles. The van der Waals surface area contributed by atoms with E-state index in [4.69, 9.17) is 10.2 Å². The van der Waals surface area contributed by atoms with E-state index in [2.05, 4.69) is 10.6 Å². The van der Waals surface area contributed by atoms with Gasteiger partial charge in [0, 0.05) is 36.3 Å². The van der Waals surface area contributed by atoms with Gasteiger partial charge in [-0.15, -0.1) is 0 Å². The van der Waals surface area contributed by atoms with Crippen molar-refractivity contribution in [3.05, 3.63) is 47.5 Å². The molecule has 0 aliphatic carbocycles. The molecule has 4 rings (SSSR count). The predicted molar refractivity (Wildman–Crippen MR) is 105 cm³/mol. The summed E-state index contributed by atoms with van der Waals surface area (Å²) in [6, 6.07) is 10.1. The molecule has 10 nitrogen and oxygen atoms in total. The molecule has 28 heavy (non-hydrogen) atoms. The summed E-state index contributed by atoms with van der Waals surface area (Å²) in [6.45, 7) is 0. The molecule has 0 unspecified atom stereocenters. The fraction of sp³-hybridized carbons (Fsp3) is 0.222. The number of phenolic OH excluding ortho intramolecular Hbond substituents is 2. The van der Waals surface area contributed by atoms with E-state index in [0.717, 1.165) is 35.3 Å². The maximum atomic E-state index is 10.9. The van der Waals surface area contributed by atoms with Crippen LogP contribution in [0.1, 0.15) is 24.0 Å². The third-order valence-electron chi connectivity index (χ3n) is 3.98. The lowest BCUT2D eigenvalue weighted by atomic mass is 10.0. The number of nitrogens with one attached hydrogen (secondary N) is 2. The highest BCUT2D eigenvalue weighted by Gasteiger charge is 2.15. The number of anilines is 2. The molecule has 156 valence electrons. The van der Waals surface area contributed by atoms with Gasteiger partial charge in [-0.3, -0.25) is 9.59 Å². The molecule has 2 amide bonds. The Morgan fingerprint density at radius 2 is 0.964 bits per heavy atom. The number of hydrogen-bond donors (Lipinski definition) is 4. The van der Waals surface area contributed by atoms with Crippen LogP contribution in [-0.4, -0.2) is 43.9 Å². The van der Waals surface area contributed by atoms with Crippen molar-refractivity contribution in [1.29, 1.82) is 0 Å². The minimum absolute atomic E-state index is 0. The van der Waals surface area contributed by atoms with Crippen molar-refractivity contribution in [2.75, 3.05) is 10.6 Å². The number of aryl methyl sites for hydroxylation is 2. The number of phenols is 2. The van der Waals surface area contributed by atoms with Crippen LogP contribution in [0.2, 0.25) is 0 Å². The lowest BCUT2D eigenvalue weighted by Crippen LogP contribution is -2.18. The topological polar surface area (TPSA) is 225 Å². The van der Waals surface area contributed by atoms with Gasteiger partial charge in [-0.25, -0.2) is 0 Å². The first kappa shape index (κ1) is 27.0. The largest absolute Gasteiger partial charge is 0.508 e. The van der Waals surface area contributed by atoms with E-state index in [0.29, 0.717) is 12.8 Å². The summed E-state index contributed by atoms with van der Waals surface area (Å²) in [7, 11) is 0. The van der Waals surface area contributed by atoms with Crippen LogP contribution in [0, 0.1) is 0 Å². The number of fused-ring (bicyclic) bond motifs is 2. The second-order valence-corrected chi connectivity index (χ2v) is 5.78. The zero-order valence-corrected chi connectivity index (χ0v) is 15.0. The van der Waals surface area contributed by atoms with Crippen LogP contribution in [0.4, 0.5) is 11.4 Å². The van der Waals surface area contributed by atoms with Gasteiger partial charge in [0.05, 0.1) is 0 Å². The highest BCUT2D eigenvalue weighted by atomic mass is 16.3. The molecule has 0 spiro atoms. The molecule has 10 heteroatoms. The van der Waals surface area contributed by atoms with Crippen LogP contribution in [-0.2, 0) is 22.4 Å². The van der Waals surface area contributed by atoms with Crippen molar-refractivity contribution in [2.24, 2.45) is 0 Å². The fourth-order valence-electron chi connectivity index (χ4n) is 2.72. The Kier molecular flexibility index (Phi) is 11.1. The average Bonchev–Trinajstić information content (AvgIpc) is 2.54. The van der Waals surface area contributed by atoms with Gasteiger partial charge in [0.15, 0.2) is 0 Å². The SMILES string of the molecule is O.O.O.O.O=C1CCc2ccc(O)cc2N1.O=C1CCc2ccc(O)cc2N1. The van der Waals surface area contributed by atoms with Crippen molar-refractivity contribution >= 4 is 23.2 Å². The molecule has 2 aromatic rings. The molecular formula is C18H26N2O8. The first-order valence-electron chi connectivity index (χ1n) is 7.75. The number of hydrogen-bond acceptors (Lipinski definition) is 4. The predicted octanol–water partition coefficient (Wildman–Crippen LogP) is -0.745. The molecule has 2 aromatic carbocycles. The zero-order valence-electron chi connectivity index (χ0n) is 15.0. The van der Waals surface area contributed by atoms with Crippen molar-refractivity contribution < 1.29 is 41.7 Å². The maximum Gasteiger partial charge on any atom is 0.224 e. The highest BCUT2D eigenvalue weighted by Crippen LogP contribution is 2.26. The summed E-state index contributed by atoms with van der Waals surface area (Å²) < 4.78 is 0. The third-order valence-corrected chi connectivity index (χ3v) is 3.98. The van der Waals surface area contributed by atoms with Gasteiger partial charge in [-0.2, -0.15) is 0 Å². The van der Waals surface area contributed by atoms with Crippen molar-refractivity contribution in [3.8, 4) is 11.5 Å². The Morgan fingerprint density at radius 3 is 1.32 bits per heavy atom. The van der Waals surface area contributed by atoms with Crippen LogP contribution >= 0.6 is 0 Å². The molecule has 12 N–H and O–H groups in total. The Balaban J connectivity index is 0. The van der Waals surface area contributed by atoms with Crippen LogP contribution in [0.25, 0.3) is 0 Å². The van der Waals surface area contributed by atoms with E-state index in [-0.39, 0.29) is 45.2 Å². The maximum absolute atomic E-state index is 10.9. The number of aromatic hydroxyl groups is 2. The first-order chi connectivity index (χ1) is 11.5. The third kappa shape index (κ3) is 6.52. The molecule has 0 atom stereocenters. The normalized spacial score (nSPS) is 13.0. The quantitative estimate of drug-likeness (QED) is 0.449. The molecule has 0 aromatic heterocycles. The molecule has 0 radical (unpaired) electrons.